The predicted molar refractivity (Wildman–Crippen MR) is 79.8 cm³/mol. The first kappa shape index (κ1) is 16.3. The number of anilines is 1. The summed E-state index contributed by atoms with van der Waals surface area (Å²) in [7, 11) is 1.66. The molecule has 0 saturated heterocycles. The van der Waals surface area contributed by atoms with Crippen LogP contribution in [0.25, 0.3) is 0 Å². The molecule has 0 radical (unpaired) electrons. The maximum absolute atomic E-state index is 5.72. The van der Waals surface area contributed by atoms with Crippen LogP contribution in [0.4, 0.5) is 5.69 Å². The quantitative estimate of drug-likeness (QED) is 0.406. The predicted octanol–water partition coefficient (Wildman–Crippen LogP) is 2.35. The van der Waals surface area contributed by atoms with Crippen molar-refractivity contribution in [2.24, 2.45) is 0 Å². The molecule has 0 spiro atoms. The van der Waals surface area contributed by atoms with Gasteiger partial charge in [-0.2, -0.15) is 0 Å². The molecule has 2 N–H and O–H groups in total. The highest BCUT2D eigenvalue weighted by Gasteiger charge is 1.99. The Bertz CT molecular complexity index is 361. The average molecular weight is 285 g/mol. The minimum absolute atomic E-state index is 0.620. The molecule has 0 aliphatic rings. The van der Waals surface area contributed by atoms with E-state index in [-0.39, 0.29) is 0 Å². The lowest BCUT2D eigenvalue weighted by Gasteiger charge is -2.07. The van der Waals surface area contributed by atoms with Gasteiger partial charge >= 0.3 is 0 Å². The summed E-state index contributed by atoms with van der Waals surface area (Å²) in [5.41, 5.74) is 7.74. The zero-order valence-electron chi connectivity index (χ0n) is 11.7. The Morgan fingerprint density at radius 3 is 2.42 bits per heavy atom. The van der Waals surface area contributed by atoms with E-state index in [1.54, 1.807) is 18.9 Å². The Labute approximate surface area is 119 Å². The summed E-state index contributed by atoms with van der Waals surface area (Å²) in [5.74, 6) is 0.933. The van der Waals surface area contributed by atoms with Crippen molar-refractivity contribution in [1.82, 2.24) is 0 Å². The first-order valence-corrected chi connectivity index (χ1v) is 7.36. The highest BCUT2D eigenvalue weighted by Crippen LogP contribution is 2.23. The van der Waals surface area contributed by atoms with Gasteiger partial charge in [0, 0.05) is 23.4 Å². The third-order valence-corrected chi connectivity index (χ3v) is 3.63. The van der Waals surface area contributed by atoms with E-state index in [4.69, 9.17) is 19.9 Å². The molecule has 0 atom stereocenters. The molecule has 0 aliphatic heterocycles. The SMILES string of the molecule is COCCOCCOCCSc1ccc(N)cc1C. The number of hydrogen-bond donors (Lipinski definition) is 1. The number of hydrogen-bond acceptors (Lipinski definition) is 5. The van der Waals surface area contributed by atoms with Crippen molar-refractivity contribution in [2.45, 2.75) is 11.8 Å². The molecule has 1 rings (SSSR count). The van der Waals surface area contributed by atoms with E-state index in [0.717, 1.165) is 18.0 Å². The van der Waals surface area contributed by atoms with Gasteiger partial charge in [-0.1, -0.05) is 0 Å². The first-order valence-electron chi connectivity index (χ1n) is 6.37. The number of rotatable bonds is 10. The van der Waals surface area contributed by atoms with Gasteiger partial charge in [0.2, 0.25) is 0 Å². The number of aryl methyl sites for hydroxylation is 1. The Hall–Kier alpha value is -0.750. The van der Waals surface area contributed by atoms with Gasteiger partial charge in [0.25, 0.3) is 0 Å². The topological polar surface area (TPSA) is 53.7 Å². The minimum atomic E-state index is 0.620. The van der Waals surface area contributed by atoms with E-state index < -0.39 is 0 Å². The van der Waals surface area contributed by atoms with Crippen molar-refractivity contribution in [2.75, 3.05) is 51.6 Å². The molecule has 0 saturated carbocycles. The Morgan fingerprint density at radius 1 is 1.05 bits per heavy atom. The second kappa shape index (κ2) is 10.1. The van der Waals surface area contributed by atoms with Gasteiger partial charge in [0.15, 0.2) is 0 Å². The molecule has 5 heteroatoms. The normalized spacial score (nSPS) is 10.8. The molecule has 0 aromatic heterocycles. The van der Waals surface area contributed by atoms with Crippen molar-refractivity contribution in [3.8, 4) is 0 Å². The maximum atomic E-state index is 5.72. The van der Waals surface area contributed by atoms with Gasteiger partial charge in [-0.3, -0.25) is 0 Å². The molecule has 0 unspecified atom stereocenters. The summed E-state index contributed by atoms with van der Waals surface area (Å²) in [6.07, 6.45) is 0. The maximum Gasteiger partial charge on any atom is 0.0701 e. The largest absolute Gasteiger partial charge is 0.399 e. The molecule has 108 valence electrons. The summed E-state index contributed by atoms with van der Waals surface area (Å²) >= 11 is 1.79. The van der Waals surface area contributed by atoms with E-state index >= 15 is 0 Å². The van der Waals surface area contributed by atoms with E-state index in [1.165, 1.54) is 10.5 Å². The average Bonchev–Trinajstić information content (AvgIpc) is 2.39. The summed E-state index contributed by atoms with van der Waals surface area (Å²) < 4.78 is 15.7. The minimum Gasteiger partial charge on any atom is -0.399 e. The lowest BCUT2D eigenvalue weighted by molar-refractivity contribution is 0.0286. The van der Waals surface area contributed by atoms with E-state index in [9.17, 15) is 0 Å². The van der Waals surface area contributed by atoms with Crippen LogP contribution < -0.4 is 5.73 Å². The second-order valence-corrected chi connectivity index (χ2v) is 5.23. The number of nitrogens with two attached hydrogens (primary N) is 1. The number of methoxy groups -OCH3 is 1. The Kier molecular flexibility index (Phi) is 8.66. The molecular formula is C14H23NO3S. The fourth-order valence-corrected chi connectivity index (χ4v) is 2.38. The van der Waals surface area contributed by atoms with E-state index in [2.05, 4.69) is 13.0 Å². The van der Waals surface area contributed by atoms with E-state index in [0.29, 0.717) is 26.4 Å². The molecule has 19 heavy (non-hydrogen) atoms. The molecule has 0 bridgehead atoms. The van der Waals surface area contributed by atoms with Crippen molar-refractivity contribution >= 4 is 17.4 Å². The van der Waals surface area contributed by atoms with Crippen LogP contribution >= 0.6 is 11.8 Å². The third kappa shape index (κ3) is 7.42. The zero-order valence-corrected chi connectivity index (χ0v) is 12.5. The third-order valence-electron chi connectivity index (χ3n) is 2.49. The fraction of sp³-hybridized carbons (Fsp3) is 0.571. The first-order chi connectivity index (χ1) is 9.24. The van der Waals surface area contributed by atoms with Crippen LogP contribution in [0.3, 0.4) is 0 Å². The summed E-state index contributed by atoms with van der Waals surface area (Å²) in [5, 5.41) is 0. The molecule has 0 aliphatic carbocycles. The number of benzene rings is 1. The summed E-state index contributed by atoms with van der Waals surface area (Å²) in [4.78, 5) is 1.26. The van der Waals surface area contributed by atoms with Crippen LogP contribution in [-0.2, 0) is 14.2 Å². The standard InChI is InChI=1S/C14H23NO3S/c1-12-11-13(15)3-4-14(12)19-10-9-18-8-7-17-6-5-16-2/h3-4,11H,5-10,15H2,1-2H3. The highest BCUT2D eigenvalue weighted by atomic mass is 32.2. The molecule has 0 amide bonds. The molecule has 0 heterocycles. The Morgan fingerprint density at radius 2 is 1.74 bits per heavy atom. The van der Waals surface area contributed by atoms with Gasteiger partial charge in [0.05, 0.1) is 33.0 Å². The summed E-state index contributed by atoms with van der Waals surface area (Å²) in [6.45, 7) is 5.30. The summed E-state index contributed by atoms with van der Waals surface area (Å²) in [6, 6.07) is 5.98. The van der Waals surface area contributed by atoms with Crippen molar-refractivity contribution in [3.05, 3.63) is 23.8 Å². The molecule has 4 nitrogen and oxygen atoms in total. The fourth-order valence-electron chi connectivity index (χ4n) is 1.51. The van der Waals surface area contributed by atoms with Crippen molar-refractivity contribution in [1.29, 1.82) is 0 Å². The van der Waals surface area contributed by atoms with Crippen LogP contribution in [0.15, 0.2) is 23.1 Å². The van der Waals surface area contributed by atoms with Gasteiger partial charge in [0.1, 0.15) is 0 Å². The zero-order chi connectivity index (χ0) is 13.9. The van der Waals surface area contributed by atoms with Crippen LogP contribution in [0.1, 0.15) is 5.56 Å². The van der Waals surface area contributed by atoms with Crippen LogP contribution in [0, 0.1) is 6.92 Å². The molecule has 1 aromatic carbocycles. The molecular weight excluding hydrogens is 262 g/mol. The van der Waals surface area contributed by atoms with Gasteiger partial charge < -0.3 is 19.9 Å². The molecule has 0 fully saturated rings. The van der Waals surface area contributed by atoms with Crippen LogP contribution in [-0.4, -0.2) is 45.9 Å². The van der Waals surface area contributed by atoms with E-state index in [1.807, 2.05) is 12.1 Å². The van der Waals surface area contributed by atoms with Crippen molar-refractivity contribution in [3.63, 3.8) is 0 Å². The number of ether oxygens (including phenoxy) is 3. The van der Waals surface area contributed by atoms with Gasteiger partial charge in [-0.05, 0) is 30.7 Å². The van der Waals surface area contributed by atoms with Crippen LogP contribution in [0.2, 0.25) is 0 Å². The molecule has 1 aromatic rings. The Balaban J connectivity index is 2.01. The van der Waals surface area contributed by atoms with Gasteiger partial charge in [-0.25, -0.2) is 0 Å². The lowest BCUT2D eigenvalue weighted by Crippen LogP contribution is -2.09. The smallest absolute Gasteiger partial charge is 0.0701 e. The number of thioether (sulfide) groups is 1. The highest BCUT2D eigenvalue weighted by molar-refractivity contribution is 7.99. The monoisotopic (exact) mass is 285 g/mol. The van der Waals surface area contributed by atoms with Crippen molar-refractivity contribution < 1.29 is 14.2 Å². The lowest BCUT2D eigenvalue weighted by atomic mass is 10.2. The second-order valence-electron chi connectivity index (χ2n) is 4.09. The van der Waals surface area contributed by atoms with Crippen LogP contribution in [0.5, 0.6) is 0 Å². The number of nitrogen functional groups attached to an aromatic ring is 1. The van der Waals surface area contributed by atoms with Gasteiger partial charge in [-0.15, -0.1) is 11.8 Å².